The number of aromatic nitrogens is 2. The Bertz CT molecular complexity index is 475. The number of anilines is 1. The minimum atomic E-state index is -0.741. The molecule has 1 aromatic heterocycles. The molecule has 0 bridgehead atoms. The lowest BCUT2D eigenvalue weighted by molar-refractivity contribution is 0.0506. The van der Waals surface area contributed by atoms with Crippen LogP contribution in [0.1, 0.15) is 51.5 Å². The number of carbonyl (C=O) groups is 1. The maximum absolute atomic E-state index is 11.8. The van der Waals surface area contributed by atoms with Gasteiger partial charge in [-0.05, 0) is 12.8 Å². The molecule has 1 aliphatic rings. The average molecular weight is 298 g/mol. The molecule has 1 heterocycles. The SMILES string of the molecule is CC(C)(C)c1nnc(NC(=O)NCC2(O)CCCC2)s1. The molecule has 1 aliphatic carbocycles. The molecule has 20 heavy (non-hydrogen) atoms. The van der Waals surface area contributed by atoms with Crippen LogP contribution in [0.2, 0.25) is 0 Å². The Morgan fingerprint density at radius 1 is 1.35 bits per heavy atom. The van der Waals surface area contributed by atoms with Crippen LogP contribution in [-0.2, 0) is 5.41 Å². The molecule has 2 rings (SSSR count). The van der Waals surface area contributed by atoms with Crippen molar-refractivity contribution in [3.63, 3.8) is 0 Å². The normalized spacial score (nSPS) is 18.0. The maximum Gasteiger partial charge on any atom is 0.321 e. The van der Waals surface area contributed by atoms with Crippen molar-refractivity contribution in [3.05, 3.63) is 5.01 Å². The summed E-state index contributed by atoms with van der Waals surface area (Å²) in [7, 11) is 0. The zero-order valence-corrected chi connectivity index (χ0v) is 13.0. The first-order valence-corrected chi connectivity index (χ1v) is 7.71. The first-order chi connectivity index (χ1) is 9.28. The van der Waals surface area contributed by atoms with Gasteiger partial charge < -0.3 is 10.4 Å². The lowest BCUT2D eigenvalue weighted by Gasteiger charge is -2.22. The number of rotatable bonds is 3. The van der Waals surface area contributed by atoms with Crippen molar-refractivity contribution < 1.29 is 9.90 Å². The third kappa shape index (κ3) is 3.89. The number of nitrogens with one attached hydrogen (secondary N) is 2. The Morgan fingerprint density at radius 2 is 2.00 bits per heavy atom. The lowest BCUT2D eigenvalue weighted by Crippen LogP contribution is -2.42. The number of nitrogens with zero attached hydrogens (tertiary/aromatic N) is 2. The van der Waals surface area contributed by atoms with Crippen molar-refractivity contribution in [3.8, 4) is 0 Å². The highest BCUT2D eigenvalue weighted by atomic mass is 32.1. The Hall–Kier alpha value is -1.21. The molecule has 6 nitrogen and oxygen atoms in total. The zero-order valence-electron chi connectivity index (χ0n) is 12.2. The second kappa shape index (κ2) is 5.65. The van der Waals surface area contributed by atoms with Gasteiger partial charge >= 0.3 is 6.03 Å². The second-order valence-electron chi connectivity index (χ2n) is 6.40. The van der Waals surface area contributed by atoms with Gasteiger partial charge in [-0.15, -0.1) is 10.2 Å². The summed E-state index contributed by atoms with van der Waals surface area (Å²) in [6.45, 7) is 6.43. The molecule has 1 fully saturated rings. The summed E-state index contributed by atoms with van der Waals surface area (Å²) in [5, 5.41) is 24.9. The van der Waals surface area contributed by atoms with Gasteiger partial charge in [0, 0.05) is 12.0 Å². The predicted octanol–water partition coefficient (Wildman–Crippen LogP) is 2.26. The van der Waals surface area contributed by atoms with Crippen LogP contribution in [0, 0.1) is 0 Å². The molecular formula is C13H22N4O2S. The number of aliphatic hydroxyl groups is 1. The van der Waals surface area contributed by atoms with Crippen molar-refractivity contribution >= 4 is 22.5 Å². The fourth-order valence-corrected chi connectivity index (χ4v) is 2.97. The monoisotopic (exact) mass is 298 g/mol. The van der Waals surface area contributed by atoms with Crippen LogP contribution < -0.4 is 10.6 Å². The van der Waals surface area contributed by atoms with Gasteiger partial charge in [-0.25, -0.2) is 4.79 Å². The molecule has 0 saturated heterocycles. The van der Waals surface area contributed by atoms with E-state index in [4.69, 9.17) is 0 Å². The van der Waals surface area contributed by atoms with E-state index in [1.807, 2.05) is 20.8 Å². The Morgan fingerprint density at radius 3 is 2.55 bits per heavy atom. The third-order valence-electron chi connectivity index (χ3n) is 3.40. The highest BCUT2D eigenvalue weighted by molar-refractivity contribution is 7.15. The molecule has 0 aliphatic heterocycles. The third-order valence-corrected chi connectivity index (χ3v) is 4.66. The van der Waals surface area contributed by atoms with Gasteiger partial charge in [0.1, 0.15) is 5.01 Å². The van der Waals surface area contributed by atoms with E-state index in [9.17, 15) is 9.90 Å². The molecule has 0 aromatic carbocycles. The molecule has 0 spiro atoms. The Balaban J connectivity index is 1.84. The van der Waals surface area contributed by atoms with Crippen LogP contribution in [0.25, 0.3) is 0 Å². The van der Waals surface area contributed by atoms with Crippen LogP contribution in [0.5, 0.6) is 0 Å². The summed E-state index contributed by atoms with van der Waals surface area (Å²) in [6.07, 6.45) is 3.54. The number of urea groups is 1. The van der Waals surface area contributed by atoms with Crippen LogP contribution >= 0.6 is 11.3 Å². The van der Waals surface area contributed by atoms with E-state index in [2.05, 4.69) is 20.8 Å². The van der Waals surface area contributed by atoms with Gasteiger partial charge in [-0.3, -0.25) is 5.32 Å². The summed E-state index contributed by atoms with van der Waals surface area (Å²) < 4.78 is 0. The second-order valence-corrected chi connectivity index (χ2v) is 7.38. The quantitative estimate of drug-likeness (QED) is 0.799. The molecule has 1 saturated carbocycles. The number of hydrogen-bond acceptors (Lipinski definition) is 5. The number of amides is 2. The van der Waals surface area contributed by atoms with Crippen molar-refractivity contribution in [2.75, 3.05) is 11.9 Å². The molecule has 3 N–H and O–H groups in total. The van der Waals surface area contributed by atoms with Crippen molar-refractivity contribution in [2.45, 2.75) is 57.5 Å². The molecule has 0 radical (unpaired) electrons. The highest BCUT2D eigenvalue weighted by Crippen LogP contribution is 2.29. The zero-order chi connectivity index (χ0) is 14.8. The molecule has 1 aromatic rings. The minimum Gasteiger partial charge on any atom is -0.388 e. The number of hydrogen-bond donors (Lipinski definition) is 3. The van der Waals surface area contributed by atoms with E-state index >= 15 is 0 Å². The van der Waals surface area contributed by atoms with E-state index in [-0.39, 0.29) is 18.0 Å². The van der Waals surface area contributed by atoms with Gasteiger partial charge in [-0.2, -0.15) is 0 Å². The highest BCUT2D eigenvalue weighted by Gasteiger charge is 2.31. The fraction of sp³-hybridized carbons (Fsp3) is 0.769. The predicted molar refractivity (Wildman–Crippen MR) is 79.0 cm³/mol. The van der Waals surface area contributed by atoms with Crippen molar-refractivity contribution in [1.29, 1.82) is 0 Å². The summed E-state index contributed by atoms with van der Waals surface area (Å²) in [4.78, 5) is 11.8. The first-order valence-electron chi connectivity index (χ1n) is 6.90. The summed E-state index contributed by atoms with van der Waals surface area (Å²) >= 11 is 1.37. The topological polar surface area (TPSA) is 87.1 Å². The van der Waals surface area contributed by atoms with Gasteiger partial charge in [0.15, 0.2) is 0 Å². The van der Waals surface area contributed by atoms with Crippen LogP contribution in [-0.4, -0.2) is 33.5 Å². The molecule has 2 amide bonds. The van der Waals surface area contributed by atoms with Crippen LogP contribution in [0.4, 0.5) is 9.93 Å². The van der Waals surface area contributed by atoms with Gasteiger partial charge in [0.25, 0.3) is 0 Å². The Labute approximate surface area is 123 Å². The van der Waals surface area contributed by atoms with Crippen LogP contribution in [0.15, 0.2) is 0 Å². The summed E-state index contributed by atoms with van der Waals surface area (Å²) in [6, 6.07) is -0.345. The molecular weight excluding hydrogens is 276 g/mol. The molecule has 7 heteroatoms. The van der Waals surface area contributed by atoms with E-state index in [0.717, 1.165) is 30.7 Å². The van der Waals surface area contributed by atoms with E-state index < -0.39 is 5.60 Å². The van der Waals surface area contributed by atoms with Crippen molar-refractivity contribution in [2.24, 2.45) is 0 Å². The summed E-state index contributed by atoms with van der Waals surface area (Å²) in [5.41, 5.74) is -0.817. The summed E-state index contributed by atoms with van der Waals surface area (Å²) in [5.74, 6) is 0. The van der Waals surface area contributed by atoms with Crippen LogP contribution in [0.3, 0.4) is 0 Å². The molecule has 0 unspecified atom stereocenters. The first kappa shape index (κ1) is 15.2. The molecule has 0 atom stereocenters. The van der Waals surface area contributed by atoms with Crippen molar-refractivity contribution in [1.82, 2.24) is 15.5 Å². The fourth-order valence-electron chi connectivity index (χ4n) is 2.17. The minimum absolute atomic E-state index is 0.0763. The average Bonchev–Trinajstić information content (AvgIpc) is 2.96. The van der Waals surface area contributed by atoms with Gasteiger partial charge in [-0.1, -0.05) is 44.9 Å². The lowest BCUT2D eigenvalue weighted by atomic mass is 9.98. The van der Waals surface area contributed by atoms with E-state index in [1.165, 1.54) is 11.3 Å². The van der Waals surface area contributed by atoms with Gasteiger partial charge in [0.2, 0.25) is 5.13 Å². The smallest absolute Gasteiger partial charge is 0.321 e. The number of carbonyl (C=O) groups excluding carboxylic acids is 1. The largest absolute Gasteiger partial charge is 0.388 e. The molecule has 112 valence electrons. The van der Waals surface area contributed by atoms with Gasteiger partial charge in [0.05, 0.1) is 5.60 Å². The standard InChI is InChI=1S/C13H22N4O2S/c1-12(2,3)9-16-17-11(20-9)15-10(18)14-8-13(19)6-4-5-7-13/h19H,4-8H2,1-3H3,(H2,14,15,17,18). The maximum atomic E-state index is 11.8. The van der Waals surface area contributed by atoms with E-state index in [1.54, 1.807) is 0 Å². The Kier molecular flexibility index (Phi) is 4.29. The van der Waals surface area contributed by atoms with E-state index in [0.29, 0.717) is 5.13 Å².